The van der Waals surface area contributed by atoms with Crippen LogP contribution in [-0.4, -0.2) is 30.3 Å². The van der Waals surface area contributed by atoms with Crippen LogP contribution in [0.4, 0.5) is 0 Å². The van der Waals surface area contributed by atoms with Crippen LogP contribution in [0, 0.1) is 5.92 Å². The Bertz CT molecular complexity index is 421. The number of ether oxygens (including phenoxy) is 1. The van der Waals surface area contributed by atoms with Gasteiger partial charge in [-0.3, -0.25) is 4.79 Å². The highest BCUT2D eigenvalue weighted by Gasteiger charge is 2.30. The summed E-state index contributed by atoms with van der Waals surface area (Å²) in [5.74, 6) is 0.468. The molecule has 104 valence electrons. The monoisotopic (exact) mass is 327 g/mol. The van der Waals surface area contributed by atoms with Crippen LogP contribution in [0.3, 0.4) is 0 Å². The van der Waals surface area contributed by atoms with E-state index in [0.29, 0.717) is 13.2 Å². The van der Waals surface area contributed by atoms with Crippen LogP contribution in [-0.2, 0) is 4.79 Å². The van der Waals surface area contributed by atoms with Crippen molar-refractivity contribution in [2.24, 2.45) is 5.92 Å². The molecule has 0 heterocycles. The van der Waals surface area contributed by atoms with Gasteiger partial charge >= 0.3 is 0 Å². The zero-order chi connectivity index (χ0) is 13.7. The number of rotatable bonds is 5. The highest BCUT2D eigenvalue weighted by Crippen LogP contribution is 2.25. The SMILES string of the molecule is O=C(NCCOc1ccc(Br)cc1)C1CCCC1O. The molecular formula is C14H18BrNO3. The summed E-state index contributed by atoms with van der Waals surface area (Å²) < 4.78 is 6.51. The Labute approximate surface area is 121 Å². The Morgan fingerprint density at radius 3 is 2.74 bits per heavy atom. The molecule has 1 aromatic rings. The van der Waals surface area contributed by atoms with E-state index >= 15 is 0 Å². The number of nitrogens with one attached hydrogen (secondary N) is 1. The second kappa shape index (κ2) is 6.91. The summed E-state index contributed by atoms with van der Waals surface area (Å²) in [5.41, 5.74) is 0. The predicted octanol–water partition coefficient (Wildman–Crippen LogP) is 2.11. The molecule has 4 nitrogen and oxygen atoms in total. The summed E-state index contributed by atoms with van der Waals surface area (Å²) in [4.78, 5) is 11.8. The minimum absolute atomic E-state index is 0.0654. The molecule has 2 unspecified atom stereocenters. The number of hydrogen-bond acceptors (Lipinski definition) is 3. The van der Waals surface area contributed by atoms with Crippen molar-refractivity contribution in [2.75, 3.05) is 13.2 Å². The molecule has 0 bridgehead atoms. The second-order valence-electron chi connectivity index (χ2n) is 4.70. The first-order valence-corrected chi connectivity index (χ1v) is 7.30. The summed E-state index contributed by atoms with van der Waals surface area (Å²) in [6.07, 6.45) is 1.95. The normalized spacial score (nSPS) is 22.2. The van der Waals surface area contributed by atoms with Gasteiger partial charge in [-0.05, 0) is 43.5 Å². The molecule has 1 aliphatic rings. The van der Waals surface area contributed by atoms with Gasteiger partial charge < -0.3 is 15.2 Å². The van der Waals surface area contributed by atoms with Gasteiger partial charge in [0.15, 0.2) is 0 Å². The zero-order valence-electron chi connectivity index (χ0n) is 10.6. The minimum atomic E-state index is -0.479. The van der Waals surface area contributed by atoms with E-state index in [9.17, 15) is 9.90 Å². The first-order chi connectivity index (χ1) is 9.16. The van der Waals surface area contributed by atoms with Gasteiger partial charge in [0.2, 0.25) is 5.91 Å². The van der Waals surface area contributed by atoms with Crippen molar-refractivity contribution < 1.29 is 14.6 Å². The van der Waals surface area contributed by atoms with Crippen LogP contribution in [0.25, 0.3) is 0 Å². The lowest BCUT2D eigenvalue weighted by Gasteiger charge is -2.14. The number of amides is 1. The molecule has 0 spiro atoms. The highest BCUT2D eigenvalue weighted by atomic mass is 79.9. The number of hydrogen-bond donors (Lipinski definition) is 2. The number of aliphatic hydroxyl groups is 1. The maximum atomic E-state index is 11.8. The lowest BCUT2D eigenvalue weighted by molar-refractivity contribution is -0.127. The van der Waals surface area contributed by atoms with Crippen LogP contribution in [0.2, 0.25) is 0 Å². The van der Waals surface area contributed by atoms with Gasteiger partial charge in [-0.1, -0.05) is 15.9 Å². The van der Waals surface area contributed by atoms with E-state index in [0.717, 1.165) is 29.5 Å². The highest BCUT2D eigenvalue weighted by molar-refractivity contribution is 9.10. The van der Waals surface area contributed by atoms with Crippen LogP contribution < -0.4 is 10.1 Å². The third kappa shape index (κ3) is 4.21. The molecule has 1 amide bonds. The maximum Gasteiger partial charge on any atom is 0.225 e. The maximum absolute atomic E-state index is 11.8. The van der Waals surface area contributed by atoms with Crippen molar-refractivity contribution in [3.63, 3.8) is 0 Å². The Morgan fingerprint density at radius 1 is 1.37 bits per heavy atom. The van der Waals surface area contributed by atoms with Gasteiger partial charge in [0.25, 0.3) is 0 Å². The quantitative estimate of drug-likeness (QED) is 0.814. The van der Waals surface area contributed by atoms with Gasteiger partial charge in [0, 0.05) is 4.47 Å². The second-order valence-corrected chi connectivity index (χ2v) is 5.61. The first kappa shape index (κ1) is 14.3. The smallest absolute Gasteiger partial charge is 0.225 e. The molecule has 0 aromatic heterocycles. The molecule has 2 atom stereocenters. The first-order valence-electron chi connectivity index (χ1n) is 6.51. The van der Waals surface area contributed by atoms with Gasteiger partial charge in [0.1, 0.15) is 12.4 Å². The molecule has 5 heteroatoms. The van der Waals surface area contributed by atoms with E-state index in [1.807, 2.05) is 24.3 Å². The van der Waals surface area contributed by atoms with Crippen molar-refractivity contribution in [2.45, 2.75) is 25.4 Å². The van der Waals surface area contributed by atoms with E-state index < -0.39 is 6.10 Å². The average Bonchev–Trinajstić information content (AvgIpc) is 2.83. The van der Waals surface area contributed by atoms with Gasteiger partial charge in [-0.2, -0.15) is 0 Å². The molecule has 0 radical (unpaired) electrons. The van der Waals surface area contributed by atoms with Gasteiger partial charge in [-0.15, -0.1) is 0 Å². The fourth-order valence-electron chi connectivity index (χ4n) is 2.25. The van der Waals surface area contributed by atoms with Crippen molar-refractivity contribution >= 4 is 21.8 Å². The number of aliphatic hydroxyl groups excluding tert-OH is 1. The van der Waals surface area contributed by atoms with E-state index in [1.54, 1.807) is 0 Å². The lowest BCUT2D eigenvalue weighted by Crippen LogP contribution is -2.36. The Hall–Kier alpha value is -1.07. The molecule has 0 aliphatic heterocycles. The zero-order valence-corrected chi connectivity index (χ0v) is 12.2. The van der Waals surface area contributed by atoms with Crippen molar-refractivity contribution in [1.29, 1.82) is 0 Å². The average molecular weight is 328 g/mol. The summed E-state index contributed by atoms with van der Waals surface area (Å²) >= 11 is 3.35. The number of benzene rings is 1. The number of carbonyl (C=O) groups excluding carboxylic acids is 1. The predicted molar refractivity (Wildman–Crippen MR) is 76.0 cm³/mol. The Morgan fingerprint density at radius 2 is 2.11 bits per heavy atom. The number of carbonyl (C=O) groups is 1. The lowest BCUT2D eigenvalue weighted by atomic mass is 10.1. The van der Waals surface area contributed by atoms with Crippen LogP contribution in [0.1, 0.15) is 19.3 Å². The molecule has 1 fully saturated rings. The fraction of sp³-hybridized carbons (Fsp3) is 0.500. The van der Waals surface area contributed by atoms with E-state index in [4.69, 9.17) is 4.74 Å². The van der Waals surface area contributed by atoms with Crippen LogP contribution >= 0.6 is 15.9 Å². The minimum Gasteiger partial charge on any atom is -0.492 e. The molecule has 1 saturated carbocycles. The van der Waals surface area contributed by atoms with Crippen LogP contribution in [0.5, 0.6) is 5.75 Å². The van der Waals surface area contributed by atoms with Crippen molar-refractivity contribution in [1.82, 2.24) is 5.32 Å². The standard InChI is InChI=1S/C14H18BrNO3/c15-10-4-6-11(7-5-10)19-9-8-16-14(18)12-2-1-3-13(12)17/h4-7,12-13,17H,1-3,8-9H2,(H,16,18). The molecule has 0 saturated heterocycles. The summed E-state index contributed by atoms with van der Waals surface area (Å²) in [7, 11) is 0. The molecule has 2 N–H and O–H groups in total. The Balaban J connectivity index is 1.66. The largest absolute Gasteiger partial charge is 0.492 e. The number of halogens is 1. The van der Waals surface area contributed by atoms with E-state index in [1.165, 1.54) is 0 Å². The summed E-state index contributed by atoms with van der Waals surface area (Å²) in [5, 5.41) is 12.4. The molecule has 1 aromatic carbocycles. The topological polar surface area (TPSA) is 58.6 Å². The van der Waals surface area contributed by atoms with Gasteiger partial charge in [0.05, 0.1) is 18.6 Å². The fourth-order valence-corrected chi connectivity index (χ4v) is 2.52. The Kier molecular flexibility index (Phi) is 5.22. The summed E-state index contributed by atoms with van der Waals surface area (Å²) in [6.45, 7) is 0.883. The third-order valence-corrected chi connectivity index (χ3v) is 3.83. The molecule has 1 aliphatic carbocycles. The third-order valence-electron chi connectivity index (χ3n) is 3.30. The summed E-state index contributed by atoms with van der Waals surface area (Å²) in [6, 6.07) is 7.55. The molecule has 19 heavy (non-hydrogen) atoms. The van der Waals surface area contributed by atoms with Crippen molar-refractivity contribution in [3.8, 4) is 5.75 Å². The van der Waals surface area contributed by atoms with Crippen molar-refractivity contribution in [3.05, 3.63) is 28.7 Å². The van der Waals surface area contributed by atoms with Gasteiger partial charge in [-0.25, -0.2) is 0 Å². The van der Waals surface area contributed by atoms with E-state index in [-0.39, 0.29) is 11.8 Å². The van der Waals surface area contributed by atoms with Crippen LogP contribution in [0.15, 0.2) is 28.7 Å². The molecular weight excluding hydrogens is 310 g/mol. The molecule has 2 rings (SSSR count). The van der Waals surface area contributed by atoms with E-state index in [2.05, 4.69) is 21.2 Å².